The Labute approximate surface area is 138 Å². The van der Waals surface area contributed by atoms with Crippen LogP contribution in [0.3, 0.4) is 0 Å². The smallest absolute Gasteiger partial charge is 0.237 e. The first kappa shape index (κ1) is 17.1. The number of aliphatic hydroxyl groups is 1. The van der Waals surface area contributed by atoms with Crippen molar-refractivity contribution >= 4 is 5.91 Å². The number of ether oxygens (including phenoxy) is 1. The van der Waals surface area contributed by atoms with Crippen LogP contribution in [-0.2, 0) is 9.53 Å². The average Bonchev–Trinajstić information content (AvgIpc) is 3.00. The highest BCUT2D eigenvalue weighted by molar-refractivity contribution is 5.85. The van der Waals surface area contributed by atoms with Gasteiger partial charge in [0.2, 0.25) is 5.91 Å². The molecule has 23 heavy (non-hydrogen) atoms. The normalized spacial score (nSPS) is 36.4. The summed E-state index contributed by atoms with van der Waals surface area (Å²) in [6.45, 7) is 2.97. The van der Waals surface area contributed by atoms with Gasteiger partial charge in [-0.15, -0.1) is 0 Å². The Morgan fingerprint density at radius 1 is 1.30 bits per heavy atom. The summed E-state index contributed by atoms with van der Waals surface area (Å²) in [5.41, 5.74) is 5.24. The Kier molecular flexibility index (Phi) is 5.26. The maximum atomic E-state index is 12.1. The number of methoxy groups -OCH3 is 1. The summed E-state index contributed by atoms with van der Waals surface area (Å²) in [5.74, 6) is -0.203. The highest BCUT2D eigenvalue weighted by atomic mass is 16.5. The SMILES string of the molecule is COC[C@@H]1CCCN1CC(O)CN1[C@@H]2CCC[C@@]1(C(N)=O)CC2. The van der Waals surface area contributed by atoms with Crippen LogP contribution in [0.15, 0.2) is 0 Å². The molecule has 0 aromatic heterocycles. The number of primary amides is 1. The van der Waals surface area contributed by atoms with Crippen LogP contribution in [0, 0.1) is 0 Å². The lowest BCUT2D eigenvalue weighted by Crippen LogP contribution is -2.60. The molecule has 3 saturated heterocycles. The quantitative estimate of drug-likeness (QED) is 0.705. The Bertz CT molecular complexity index is 429. The van der Waals surface area contributed by atoms with E-state index in [-0.39, 0.29) is 5.91 Å². The number of carbonyl (C=O) groups is 1. The molecule has 0 radical (unpaired) electrons. The van der Waals surface area contributed by atoms with E-state index in [2.05, 4.69) is 9.80 Å². The number of rotatable bonds is 7. The highest BCUT2D eigenvalue weighted by Gasteiger charge is 2.52. The van der Waals surface area contributed by atoms with Gasteiger partial charge in [0.15, 0.2) is 0 Å². The van der Waals surface area contributed by atoms with E-state index in [1.807, 2.05) is 0 Å². The fourth-order valence-electron chi connectivity index (χ4n) is 5.04. The largest absolute Gasteiger partial charge is 0.390 e. The monoisotopic (exact) mass is 325 g/mol. The van der Waals surface area contributed by atoms with E-state index in [1.54, 1.807) is 7.11 Å². The number of nitrogens with zero attached hydrogens (tertiary/aromatic N) is 2. The Morgan fingerprint density at radius 2 is 2.13 bits per heavy atom. The van der Waals surface area contributed by atoms with Crippen molar-refractivity contribution in [1.82, 2.24) is 9.80 Å². The number of carbonyl (C=O) groups excluding carboxylic acids is 1. The third-order valence-corrected chi connectivity index (χ3v) is 6.18. The van der Waals surface area contributed by atoms with Crippen molar-refractivity contribution in [1.29, 1.82) is 0 Å². The molecule has 3 aliphatic heterocycles. The fourth-order valence-corrected chi connectivity index (χ4v) is 5.04. The van der Waals surface area contributed by atoms with Gasteiger partial charge in [0.05, 0.1) is 12.7 Å². The van der Waals surface area contributed by atoms with Gasteiger partial charge in [0.1, 0.15) is 5.54 Å². The van der Waals surface area contributed by atoms with E-state index >= 15 is 0 Å². The maximum Gasteiger partial charge on any atom is 0.237 e. The number of nitrogens with two attached hydrogens (primary N) is 1. The molecule has 3 fully saturated rings. The lowest BCUT2D eigenvalue weighted by atomic mass is 9.87. The molecule has 0 aromatic carbocycles. The highest BCUT2D eigenvalue weighted by Crippen LogP contribution is 2.44. The number of fused-ring (bicyclic) bond motifs is 2. The summed E-state index contributed by atoms with van der Waals surface area (Å²) >= 11 is 0. The van der Waals surface area contributed by atoms with Gasteiger partial charge >= 0.3 is 0 Å². The molecule has 3 heterocycles. The van der Waals surface area contributed by atoms with Crippen molar-refractivity contribution in [2.24, 2.45) is 5.73 Å². The molecule has 0 aliphatic carbocycles. The zero-order valence-electron chi connectivity index (χ0n) is 14.2. The lowest BCUT2D eigenvalue weighted by Gasteiger charge is -2.44. The molecule has 6 heteroatoms. The zero-order valence-corrected chi connectivity index (χ0v) is 14.2. The summed E-state index contributed by atoms with van der Waals surface area (Å²) in [6.07, 6.45) is 6.80. The molecule has 3 rings (SSSR count). The fraction of sp³-hybridized carbons (Fsp3) is 0.941. The Balaban J connectivity index is 1.61. The van der Waals surface area contributed by atoms with Crippen LogP contribution in [-0.4, -0.2) is 77.9 Å². The number of piperidine rings is 1. The minimum Gasteiger partial charge on any atom is -0.390 e. The van der Waals surface area contributed by atoms with Crippen molar-refractivity contribution in [3.05, 3.63) is 0 Å². The molecular formula is C17H31N3O3. The van der Waals surface area contributed by atoms with Gasteiger partial charge in [-0.05, 0) is 51.5 Å². The second-order valence-electron chi connectivity index (χ2n) is 7.53. The van der Waals surface area contributed by atoms with E-state index in [0.717, 1.165) is 58.1 Å². The van der Waals surface area contributed by atoms with Gasteiger partial charge in [-0.1, -0.05) is 0 Å². The summed E-state index contributed by atoms with van der Waals surface area (Å²) in [6, 6.07) is 0.831. The lowest BCUT2D eigenvalue weighted by molar-refractivity contribution is -0.132. The van der Waals surface area contributed by atoms with Crippen LogP contribution >= 0.6 is 0 Å². The van der Waals surface area contributed by atoms with Crippen LogP contribution in [0.1, 0.15) is 44.9 Å². The van der Waals surface area contributed by atoms with Crippen molar-refractivity contribution in [3.8, 4) is 0 Å². The standard InChI is InChI=1S/C17H31N3O3/c1-23-12-14-5-3-9-19(14)10-15(21)11-20-13-4-2-7-17(20,8-6-13)16(18)22/h13-15,21H,2-12H2,1H3,(H2,18,22)/t13-,14+,15?,17+/m1/s1. The first-order valence-corrected chi connectivity index (χ1v) is 9.04. The van der Waals surface area contributed by atoms with Crippen LogP contribution in [0.4, 0.5) is 0 Å². The summed E-state index contributed by atoms with van der Waals surface area (Å²) in [7, 11) is 1.73. The molecule has 0 saturated carbocycles. The second-order valence-corrected chi connectivity index (χ2v) is 7.53. The molecule has 3 N–H and O–H groups in total. The summed E-state index contributed by atoms with van der Waals surface area (Å²) in [4.78, 5) is 16.6. The topological polar surface area (TPSA) is 79.0 Å². The second kappa shape index (κ2) is 7.05. The number of aliphatic hydroxyl groups excluding tert-OH is 1. The van der Waals surface area contributed by atoms with Crippen LogP contribution in [0.5, 0.6) is 0 Å². The van der Waals surface area contributed by atoms with E-state index in [9.17, 15) is 9.90 Å². The van der Waals surface area contributed by atoms with Crippen molar-refractivity contribution in [2.75, 3.05) is 33.4 Å². The van der Waals surface area contributed by atoms with E-state index in [4.69, 9.17) is 10.5 Å². The molecule has 0 spiro atoms. The third-order valence-electron chi connectivity index (χ3n) is 6.18. The molecule has 4 atom stereocenters. The predicted octanol–water partition coefficient (Wildman–Crippen LogP) is 0.331. The molecule has 2 bridgehead atoms. The van der Waals surface area contributed by atoms with Crippen molar-refractivity contribution < 1.29 is 14.6 Å². The van der Waals surface area contributed by atoms with E-state index in [0.29, 0.717) is 25.2 Å². The van der Waals surface area contributed by atoms with Gasteiger partial charge in [0.25, 0.3) is 0 Å². The predicted molar refractivity (Wildman–Crippen MR) is 88.0 cm³/mol. The molecule has 3 aliphatic rings. The number of likely N-dealkylation sites (tertiary alicyclic amines) is 1. The number of β-amino-alcohol motifs (C(OH)–C–C–N with tert-alkyl or cyclic N) is 1. The van der Waals surface area contributed by atoms with Gasteiger partial charge in [-0.25, -0.2) is 0 Å². The van der Waals surface area contributed by atoms with Gasteiger partial charge < -0.3 is 15.6 Å². The Hall–Kier alpha value is -0.690. The van der Waals surface area contributed by atoms with Gasteiger partial charge in [-0.2, -0.15) is 0 Å². The van der Waals surface area contributed by atoms with Crippen LogP contribution < -0.4 is 5.73 Å². The number of amides is 1. The van der Waals surface area contributed by atoms with E-state index in [1.165, 1.54) is 0 Å². The summed E-state index contributed by atoms with van der Waals surface area (Å²) in [5, 5.41) is 10.6. The van der Waals surface area contributed by atoms with Gasteiger partial charge in [-0.3, -0.25) is 14.6 Å². The molecule has 132 valence electrons. The number of hydrogen-bond acceptors (Lipinski definition) is 5. The average molecular weight is 325 g/mol. The van der Waals surface area contributed by atoms with Crippen LogP contribution in [0.2, 0.25) is 0 Å². The molecule has 0 aromatic rings. The van der Waals surface area contributed by atoms with Crippen molar-refractivity contribution in [2.45, 2.75) is 68.7 Å². The minimum atomic E-state index is -0.499. The molecular weight excluding hydrogens is 294 g/mol. The summed E-state index contributed by atoms with van der Waals surface area (Å²) < 4.78 is 5.28. The number of hydrogen-bond donors (Lipinski definition) is 2. The zero-order chi connectivity index (χ0) is 16.4. The molecule has 1 amide bonds. The third kappa shape index (κ3) is 3.27. The molecule has 1 unspecified atom stereocenters. The van der Waals surface area contributed by atoms with E-state index < -0.39 is 11.6 Å². The Morgan fingerprint density at radius 3 is 2.87 bits per heavy atom. The first-order chi connectivity index (χ1) is 11.1. The van der Waals surface area contributed by atoms with Crippen molar-refractivity contribution in [3.63, 3.8) is 0 Å². The minimum absolute atomic E-state index is 0.203. The first-order valence-electron chi connectivity index (χ1n) is 9.04. The van der Waals surface area contributed by atoms with Crippen LogP contribution in [0.25, 0.3) is 0 Å². The maximum absolute atomic E-state index is 12.1. The molecule has 6 nitrogen and oxygen atoms in total. The van der Waals surface area contributed by atoms with Gasteiger partial charge in [0, 0.05) is 32.3 Å².